The van der Waals surface area contributed by atoms with Gasteiger partial charge in [0.2, 0.25) is 5.91 Å². The Hall–Kier alpha value is -3.96. The Balaban J connectivity index is 1.85. The number of anilines is 1. The first-order valence-corrected chi connectivity index (χ1v) is 7.86. The van der Waals surface area contributed by atoms with Gasteiger partial charge in [-0.15, -0.1) is 0 Å². The van der Waals surface area contributed by atoms with Crippen LogP contribution < -0.4 is 5.32 Å². The molecule has 1 amide bonds. The van der Waals surface area contributed by atoms with Gasteiger partial charge in [0, 0.05) is 16.6 Å². The van der Waals surface area contributed by atoms with Crippen molar-refractivity contribution < 1.29 is 9.59 Å². The third-order valence-electron chi connectivity index (χ3n) is 4.00. The summed E-state index contributed by atoms with van der Waals surface area (Å²) in [5, 5.41) is 22.6. The molecule has 0 heterocycles. The highest BCUT2D eigenvalue weighted by Gasteiger charge is 2.28. The molecule has 3 aromatic rings. The standard InChI is InChI=1S/C21H13N3O2/c22-12-14-8-10-16(11-9-14)20(25)18(13-23)21(26)24-19-7-3-5-15-4-1-2-6-17(15)19/h1-11,18H,(H,24,26)/t18-/m0/s1. The number of nitriles is 2. The number of carbonyl (C=O) groups excluding carboxylic acids is 2. The fraction of sp³-hybridized carbons (Fsp3) is 0.0476. The van der Waals surface area contributed by atoms with Crippen LogP contribution in [-0.4, -0.2) is 11.7 Å². The zero-order valence-corrected chi connectivity index (χ0v) is 13.6. The quantitative estimate of drug-likeness (QED) is 0.579. The second-order valence-corrected chi connectivity index (χ2v) is 5.63. The van der Waals surface area contributed by atoms with E-state index in [4.69, 9.17) is 5.26 Å². The van der Waals surface area contributed by atoms with Gasteiger partial charge in [-0.25, -0.2) is 0 Å². The van der Waals surface area contributed by atoms with E-state index in [1.807, 2.05) is 36.4 Å². The van der Waals surface area contributed by atoms with Gasteiger partial charge in [0.05, 0.1) is 17.7 Å². The van der Waals surface area contributed by atoms with Crippen molar-refractivity contribution >= 4 is 28.2 Å². The van der Waals surface area contributed by atoms with Crippen LogP contribution in [0.3, 0.4) is 0 Å². The van der Waals surface area contributed by atoms with E-state index < -0.39 is 17.6 Å². The van der Waals surface area contributed by atoms with Crippen molar-refractivity contribution in [1.82, 2.24) is 0 Å². The van der Waals surface area contributed by atoms with Crippen LogP contribution in [0.4, 0.5) is 5.69 Å². The van der Waals surface area contributed by atoms with E-state index >= 15 is 0 Å². The van der Waals surface area contributed by atoms with E-state index in [1.165, 1.54) is 24.3 Å². The molecule has 124 valence electrons. The minimum absolute atomic E-state index is 0.212. The summed E-state index contributed by atoms with van der Waals surface area (Å²) in [4.78, 5) is 25.0. The number of Topliss-reactive ketones (excluding diaryl/α,β-unsaturated/α-hetero) is 1. The molecule has 3 rings (SSSR count). The van der Waals surface area contributed by atoms with Gasteiger partial charge < -0.3 is 5.32 Å². The molecule has 0 aromatic heterocycles. The molecular formula is C21H13N3O2. The maximum absolute atomic E-state index is 12.5. The number of hydrogen-bond donors (Lipinski definition) is 1. The molecule has 0 spiro atoms. The van der Waals surface area contributed by atoms with Gasteiger partial charge in [0.25, 0.3) is 0 Å². The Labute approximate surface area is 150 Å². The van der Waals surface area contributed by atoms with Crippen LogP contribution in [0.15, 0.2) is 66.7 Å². The summed E-state index contributed by atoms with van der Waals surface area (Å²) in [6.07, 6.45) is 0. The highest BCUT2D eigenvalue weighted by molar-refractivity contribution is 6.17. The van der Waals surface area contributed by atoms with Crippen molar-refractivity contribution in [2.24, 2.45) is 5.92 Å². The highest BCUT2D eigenvalue weighted by Crippen LogP contribution is 2.24. The van der Waals surface area contributed by atoms with Crippen LogP contribution in [-0.2, 0) is 4.79 Å². The number of nitrogens with zero attached hydrogens (tertiary/aromatic N) is 2. The van der Waals surface area contributed by atoms with Crippen molar-refractivity contribution in [3.05, 3.63) is 77.9 Å². The molecule has 0 radical (unpaired) electrons. The number of fused-ring (bicyclic) bond motifs is 1. The van der Waals surface area contributed by atoms with Crippen LogP contribution >= 0.6 is 0 Å². The Morgan fingerprint density at radius 1 is 0.885 bits per heavy atom. The summed E-state index contributed by atoms with van der Waals surface area (Å²) >= 11 is 0. The van der Waals surface area contributed by atoms with Gasteiger partial charge in [-0.05, 0) is 23.6 Å². The number of hydrogen-bond acceptors (Lipinski definition) is 4. The predicted molar refractivity (Wildman–Crippen MR) is 97.2 cm³/mol. The average Bonchev–Trinajstić information content (AvgIpc) is 2.69. The molecule has 0 saturated heterocycles. The van der Waals surface area contributed by atoms with Crippen molar-refractivity contribution in [3.63, 3.8) is 0 Å². The van der Waals surface area contributed by atoms with Gasteiger partial charge in [0.1, 0.15) is 0 Å². The number of carbonyl (C=O) groups is 2. The monoisotopic (exact) mass is 339 g/mol. The van der Waals surface area contributed by atoms with Crippen molar-refractivity contribution in [3.8, 4) is 12.1 Å². The number of ketones is 1. The second-order valence-electron chi connectivity index (χ2n) is 5.63. The van der Waals surface area contributed by atoms with E-state index in [0.29, 0.717) is 11.3 Å². The number of benzene rings is 3. The first kappa shape index (κ1) is 16.9. The molecule has 0 aliphatic carbocycles. The molecule has 0 unspecified atom stereocenters. The van der Waals surface area contributed by atoms with E-state index in [1.54, 1.807) is 18.2 Å². The molecule has 5 nitrogen and oxygen atoms in total. The van der Waals surface area contributed by atoms with Gasteiger partial charge in [-0.3, -0.25) is 9.59 Å². The van der Waals surface area contributed by atoms with E-state index in [2.05, 4.69) is 5.32 Å². The van der Waals surface area contributed by atoms with Gasteiger partial charge in [-0.1, -0.05) is 48.5 Å². The summed E-state index contributed by atoms with van der Waals surface area (Å²) in [5.41, 5.74) is 1.15. The molecule has 26 heavy (non-hydrogen) atoms. The lowest BCUT2D eigenvalue weighted by atomic mass is 9.97. The van der Waals surface area contributed by atoms with Gasteiger partial charge in [-0.2, -0.15) is 10.5 Å². The first-order valence-electron chi connectivity index (χ1n) is 7.86. The van der Waals surface area contributed by atoms with E-state index in [9.17, 15) is 14.9 Å². The summed E-state index contributed by atoms with van der Waals surface area (Å²) in [6.45, 7) is 0. The third-order valence-corrected chi connectivity index (χ3v) is 4.00. The lowest BCUT2D eigenvalue weighted by Gasteiger charge is -2.12. The Kier molecular flexibility index (Phi) is 4.74. The SMILES string of the molecule is N#Cc1ccc(C(=O)[C@H](C#N)C(=O)Nc2cccc3ccccc23)cc1. The lowest BCUT2D eigenvalue weighted by molar-refractivity contribution is -0.117. The highest BCUT2D eigenvalue weighted by atomic mass is 16.2. The minimum atomic E-state index is -1.47. The maximum atomic E-state index is 12.5. The smallest absolute Gasteiger partial charge is 0.249 e. The van der Waals surface area contributed by atoms with Crippen LogP contribution in [0.1, 0.15) is 15.9 Å². The molecular weight excluding hydrogens is 326 g/mol. The fourth-order valence-electron chi connectivity index (χ4n) is 2.65. The Morgan fingerprint density at radius 2 is 1.58 bits per heavy atom. The Bertz CT molecular complexity index is 1070. The van der Waals surface area contributed by atoms with Gasteiger partial charge >= 0.3 is 0 Å². The molecule has 1 N–H and O–H groups in total. The third kappa shape index (κ3) is 3.28. The molecule has 0 saturated carbocycles. The molecule has 1 atom stereocenters. The summed E-state index contributed by atoms with van der Waals surface area (Å²) in [5.74, 6) is -2.75. The zero-order valence-electron chi connectivity index (χ0n) is 13.6. The van der Waals surface area contributed by atoms with Crippen LogP contribution in [0.2, 0.25) is 0 Å². The average molecular weight is 339 g/mol. The normalized spacial score (nSPS) is 11.2. The van der Waals surface area contributed by atoms with Gasteiger partial charge in [0.15, 0.2) is 11.7 Å². The van der Waals surface area contributed by atoms with Crippen LogP contribution in [0.5, 0.6) is 0 Å². The first-order chi connectivity index (χ1) is 12.6. The molecule has 0 bridgehead atoms. The van der Waals surface area contributed by atoms with Crippen LogP contribution in [0, 0.1) is 28.6 Å². The van der Waals surface area contributed by atoms with Crippen molar-refractivity contribution in [1.29, 1.82) is 10.5 Å². The van der Waals surface area contributed by atoms with Crippen LogP contribution in [0.25, 0.3) is 10.8 Å². The lowest BCUT2D eigenvalue weighted by Crippen LogP contribution is -2.28. The maximum Gasteiger partial charge on any atom is 0.249 e. The largest absolute Gasteiger partial charge is 0.324 e. The molecule has 5 heteroatoms. The van der Waals surface area contributed by atoms with Crippen molar-refractivity contribution in [2.45, 2.75) is 0 Å². The molecule has 0 fully saturated rings. The topological polar surface area (TPSA) is 93.8 Å². The fourth-order valence-corrected chi connectivity index (χ4v) is 2.65. The number of amides is 1. The summed E-state index contributed by atoms with van der Waals surface area (Å²) in [7, 11) is 0. The van der Waals surface area contributed by atoms with Crippen molar-refractivity contribution in [2.75, 3.05) is 5.32 Å². The second kappa shape index (κ2) is 7.29. The molecule has 0 aliphatic rings. The summed E-state index contributed by atoms with van der Waals surface area (Å²) < 4.78 is 0. The summed E-state index contributed by atoms with van der Waals surface area (Å²) in [6, 6.07) is 22.5. The van der Waals surface area contributed by atoms with E-state index in [-0.39, 0.29) is 5.56 Å². The van der Waals surface area contributed by atoms with E-state index in [0.717, 1.165) is 10.8 Å². The molecule has 3 aromatic carbocycles. The number of rotatable bonds is 4. The predicted octanol–water partition coefficient (Wildman–Crippen LogP) is 3.67. The molecule has 0 aliphatic heterocycles. The zero-order chi connectivity index (χ0) is 18.5. The number of nitrogens with one attached hydrogen (secondary N) is 1. The Morgan fingerprint density at radius 3 is 2.27 bits per heavy atom. The minimum Gasteiger partial charge on any atom is -0.324 e.